The fraction of sp³-hybridized carbons (Fsp3) is 0.867. The molecular weight excluding hydrogens is 238 g/mol. The monoisotopic (exact) mass is 263 g/mol. The number of hydrogen-bond acceptors (Lipinski definition) is 4. The summed E-state index contributed by atoms with van der Waals surface area (Å²) in [6.45, 7) is 4.33. The number of fused-ring (bicyclic) bond motifs is 2. The van der Waals surface area contributed by atoms with Crippen molar-refractivity contribution in [2.75, 3.05) is 13.1 Å². The van der Waals surface area contributed by atoms with Crippen molar-refractivity contribution in [1.29, 1.82) is 0 Å². The van der Waals surface area contributed by atoms with Crippen LogP contribution in [0.4, 0.5) is 0 Å². The molecule has 0 spiro atoms. The highest BCUT2D eigenvalue weighted by molar-refractivity contribution is 5.04. The Labute approximate surface area is 115 Å². The van der Waals surface area contributed by atoms with Gasteiger partial charge in [0.05, 0.1) is 0 Å². The molecule has 1 heterocycles. The van der Waals surface area contributed by atoms with Crippen molar-refractivity contribution in [1.82, 2.24) is 15.5 Å². The minimum absolute atomic E-state index is 0.568. The van der Waals surface area contributed by atoms with E-state index < -0.39 is 0 Å². The standard InChI is InChI=1S/C15H25N3O/c1-2-7-16-8-3-4-14-17-18-15(19-14)13-10-11-5-6-12(13)9-11/h11-13,16H,2-10H2,1H3. The van der Waals surface area contributed by atoms with Gasteiger partial charge in [-0.1, -0.05) is 13.3 Å². The summed E-state index contributed by atoms with van der Waals surface area (Å²) >= 11 is 0. The van der Waals surface area contributed by atoms with E-state index in [4.69, 9.17) is 4.42 Å². The van der Waals surface area contributed by atoms with E-state index in [9.17, 15) is 0 Å². The lowest BCUT2D eigenvalue weighted by Gasteiger charge is -2.17. The Balaban J connectivity index is 1.47. The summed E-state index contributed by atoms with van der Waals surface area (Å²) in [7, 11) is 0. The van der Waals surface area contributed by atoms with Crippen LogP contribution in [-0.2, 0) is 6.42 Å². The average Bonchev–Trinajstić information content (AvgIpc) is 3.14. The Hall–Kier alpha value is -0.900. The van der Waals surface area contributed by atoms with Crippen LogP contribution >= 0.6 is 0 Å². The zero-order valence-electron chi connectivity index (χ0n) is 11.9. The molecular formula is C15H25N3O. The van der Waals surface area contributed by atoms with Crippen molar-refractivity contribution in [3.05, 3.63) is 11.8 Å². The molecule has 3 rings (SSSR count). The largest absolute Gasteiger partial charge is 0.425 e. The van der Waals surface area contributed by atoms with Gasteiger partial charge in [0.2, 0.25) is 11.8 Å². The Kier molecular flexibility index (Phi) is 4.16. The van der Waals surface area contributed by atoms with E-state index in [0.29, 0.717) is 5.92 Å². The highest BCUT2D eigenvalue weighted by Crippen LogP contribution is 2.52. The molecule has 2 aliphatic rings. The molecule has 1 aromatic rings. The Bertz CT molecular complexity index is 404. The van der Waals surface area contributed by atoms with E-state index in [0.717, 1.165) is 49.5 Å². The van der Waals surface area contributed by atoms with Crippen molar-refractivity contribution in [2.45, 2.75) is 57.8 Å². The van der Waals surface area contributed by atoms with Crippen molar-refractivity contribution in [2.24, 2.45) is 11.8 Å². The molecule has 3 atom stereocenters. The van der Waals surface area contributed by atoms with Gasteiger partial charge >= 0.3 is 0 Å². The van der Waals surface area contributed by atoms with E-state index in [-0.39, 0.29) is 0 Å². The van der Waals surface area contributed by atoms with Crippen LogP contribution in [0.1, 0.15) is 63.1 Å². The number of rotatable bonds is 7. The first-order valence-corrected chi connectivity index (χ1v) is 7.89. The van der Waals surface area contributed by atoms with Gasteiger partial charge in [0, 0.05) is 12.3 Å². The van der Waals surface area contributed by atoms with Gasteiger partial charge in [-0.25, -0.2) is 0 Å². The van der Waals surface area contributed by atoms with Gasteiger partial charge < -0.3 is 9.73 Å². The van der Waals surface area contributed by atoms with E-state index in [1.807, 2.05) is 0 Å². The summed E-state index contributed by atoms with van der Waals surface area (Å²) in [4.78, 5) is 0. The van der Waals surface area contributed by atoms with E-state index in [1.54, 1.807) is 0 Å². The molecule has 0 aliphatic heterocycles. The van der Waals surface area contributed by atoms with Gasteiger partial charge in [0.1, 0.15) is 0 Å². The SMILES string of the molecule is CCCNCCCc1nnc(C2CC3CCC2C3)o1. The minimum Gasteiger partial charge on any atom is -0.425 e. The lowest BCUT2D eigenvalue weighted by Crippen LogP contribution is -2.16. The molecule has 3 unspecified atom stereocenters. The van der Waals surface area contributed by atoms with Crippen LogP contribution in [0, 0.1) is 11.8 Å². The van der Waals surface area contributed by atoms with Gasteiger partial charge in [-0.2, -0.15) is 0 Å². The maximum atomic E-state index is 5.88. The molecule has 0 saturated heterocycles. The van der Waals surface area contributed by atoms with Crippen molar-refractivity contribution in [3.63, 3.8) is 0 Å². The predicted octanol–water partition coefficient (Wildman–Crippen LogP) is 2.91. The highest BCUT2D eigenvalue weighted by atomic mass is 16.4. The fourth-order valence-corrected chi connectivity index (χ4v) is 3.73. The van der Waals surface area contributed by atoms with Crippen LogP contribution in [0.25, 0.3) is 0 Å². The van der Waals surface area contributed by atoms with Crippen LogP contribution in [0.2, 0.25) is 0 Å². The smallest absolute Gasteiger partial charge is 0.219 e. The molecule has 0 aromatic carbocycles. The van der Waals surface area contributed by atoms with E-state index in [1.165, 1.54) is 32.1 Å². The van der Waals surface area contributed by atoms with Gasteiger partial charge in [-0.05, 0) is 57.0 Å². The molecule has 0 amide bonds. The Morgan fingerprint density at radius 3 is 2.89 bits per heavy atom. The average molecular weight is 263 g/mol. The summed E-state index contributed by atoms with van der Waals surface area (Å²) in [6.07, 6.45) is 8.64. The van der Waals surface area contributed by atoms with Gasteiger partial charge in [-0.3, -0.25) is 0 Å². The molecule has 0 radical (unpaired) electrons. The van der Waals surface area contributed by atoms with Crippen LogP contribution in [0.5, 0.6) is 0 Å². The van der Waals surface area contributed by atoms with Crippen molar-refractivity contribution in [3.8, 4) is 0 Å². The predicted molar refractivity (Wildman–Crippen MR) is 74.0 cm³/mol. The molecule has 4 heteroatoms. The topological polar surface area (TPSA) is 51.0 Å². The van der Waals surface area contributed by atoms with Gasteiger partial charge in [0.15, 0.2) is 0 Å². The third-order valence-electron chi connectivity index (χ3n) is 4.71. The van der Waals surface area contributed by atoms with Gasteiger partial charge in [0.25, 0.3) is 0 Å². The van der Waals surface area contributed by atoms with Crippen LogP contribution in [0.3, 0.4) is 0 Å². The number of aryl methyl sites for hydroxylation is 1. The number of nitrogens with one attached hydrogen (secondary N) is 1. The number of hydrogen-bond donors (Lipinski definition) is 1. The van der Waals surface area contributed by atoms with Crippen molar-refractivity contribution >= 4 is 0 Å². The summed E-state index contributed by atoms with van der Waals surface area (Å²) in [5.41, 5.74) is 0. The van der Waals surface area contributed by atoms with Crippen LogP contribution in [0.15, 0.2) is 4.42 Å². The first-order valence-electron chi connectivity index (χ1n) is 7.89. The fourth-order valence-electron chi connectivity index (χ4n) is 3.73. The summed E-state index contributed by atoms with van der Waals surface area (Å²) in [6, 6.07) is 0. The molecule has 19 heavy (non-hydrogen) atoms. The second kappa shape index (κ2) is 6.04. The third kappa shape index (κ3) is 2.99. The lowest BCUT2D eigenvalue weighted by atomic mass is 9.89. The molecule has 2 fully saturated rings. The maximum Gasteiger partial charge on any atom is 0.219 e. The van der Waals surface area contributed by atoms with Gasteiger partial charge in [-0.15, -0.1) is 10.2 Å². The van der Waals surface area contributed by atoms with Crippen LogP contribution in [-0.4, -0.2) is 23.3 Å². The number of aromatic nitrogens is 2. The first-order chi connectivity index (χ1) is 9.36. The normalized spacial score (nSPS) is 29.2. The molecule has 2 saturated carbocycles. The molecule has 2 bridgehead atoms. The molecule has 4 nitrogen and oxygen atoms in total. The summed E-state index contributed by atoms with van der Waals surface area (Å²) in [5, 5.41) is 11.9. The lowest BCUT2D eigenvalue weighted by molar-refractivity contribution is 0.334. The second-order valence-corrected chi connectivity index (χ2v) is 6.17. The van der Waals surface area contributed by atoms with Crippen molar-refractivity contribution < 1.29 is 4.42 Å². The number of nitrogens with zero attached hydrogens (tertiary/aromatic N) is 2. The van der Waals surface area contributed by atoms with Crippen LogP contribution < -0.4 is 5.32 Å². The summed E-state index contributed by atoms with van der Waals surface area (Å²) in [5.74, 6) is 4.08. The molecule has 106 valence electrons. The van der Waals surface area contributed by atoms with E-state index in [2.05, 4.69) is 22.4 Å². The first kappa shape index (κ1) is 13.1. The quantitative estimate of drug-likeness (QED) is 0.768. The minimum atomic E-state index is 0.568. The second-order valence-electron chi connectivity index (χ2n) is 6.17. The Morgan fingerprint density at radius 1 is 1.21 bits per heavy atom. The zero-order chi connectivity index (χ0) is 13.1. The third-order valence-corrected chi connectivity index (χ3v) is 4.71. The molecule has 2 aliphatic carbocycles. The molecule has 1 N–H and O–H groups in total. The maximum absolute atomic E-state index is 5.88. The zero-order valence-corrected chi connectivity index (χ0v) is 11.9. The Morgan fingerprint density at radius 2 is 2.16 bits per heavy atom. The molecule has 1 aromatic heterocycles. The summed E-state index contributed by atoms with van der Waals surface area (Å²) < 4.78 is 5.88. The van der Waals surface area contributed by atoms with E-state index >= 15 is 0 Å². The highest BCUT2D eigenvalue weighted by Gasteiger charge is 2.42.